The predicted molar refractivity (Wildman–Crippen MR) is 177 cm³/mol. The normalized spacial score (nSPS) is 11.3. The van der Waals surface area contributed by atoms with Crippen molar-refractivity contribution >= 4 is 23.3 Å². The fourth-order valence-corrected chi connectivity index (χ4v) is 5.06. The van der Waals surface area contributed by atoms with E-state index in [0.29, 0.717) is 61.5 Å². The van der Waals surface area contributed by atoms with Gasteiger partial charge in [0.05, 0.1) is 13.7 Å². The van der Waals surface area contributed by atoms with E-state index in [1.807, 2.05) is 83.8 Å². The summed E-state index contributed by atoms with van der Waals surface area (Å²) < 4.78 is 11.1. The summed E-state index contributed by atoms with van der Waals surface area (Å²) in [6, 6.07) is 33.2. The van der Waals surface area contributed by atoms with E-state index >= 15 is 0 Å². The van der Waals surface area contributed by atoms with Crippen LogP contribution in [-0.4, -0.2) is 48.9 Å². The molecule has 0 saturated heterocycles. The zero-order valence-electron chi connectivity index (χ0n) is 26.1. The summed E-state index contributed by atoms with van der Waals surface area (Å²) in [5.74, 6) is 0.334. The molecule has 4 aromatic carbocycles. The van der Waals surface area contributed by atoms with E-state index in [0.717, 1.165) is 24.0 Å². The number of ketones is 1. The second-order valence-corrected chi connectivity index (χ2v) is 10.9. The van der Waals surface area contributed by atoms with Crippen LogP contribution in [0, 0.1) is 0 Å². The number of carbonyl (C=O) groups excluding carboxylic acids is 3. The fraction of sp³-hybridized carbons (Fsp3) is 0.289. The van der Waals surface area contributed by atoms with E-state index in [1.165, 1.54) is 7.11 Å². The number of ether oxygens (including phenoxy) is 2. The van der Waals surface area contributed by atoms with Crippen molar-refractivity contribution in [3.63, 3.8) is 0 Å². The Balaban J connectivity index is 1.34. The van der Waals surface area contributed by atoms with Gasteiger partial charge < -0.3 is 19.7 Å². The molecule has 0 heterocycles. The Hall–Kier alpha value is -4.91. The number of hydrogen-bond acceptors (Lipinski definition) is 6. The predicted octanol–water partition coefficient (Wildman–Crippen LogP) is 7.10. The third kappa shape index (κ3) is 10.1. The van der Waals surface area contributed by atoms with Gasteiger partial charge in [0, 0.05) is 42.7 Å². The van der Waals surface area contributed by atoms with Gasteiger partial charge in [-0.2, -0.15) is 0 Å². The van der Waals surface area contributed by atoms with E-state index in [4.69, 9.17) is 9.47 Å². The molecule has 1 N–H and O–H groups in total. The van der Waals surface area contributed by atoms with Crippen LogP contribution in [0.1, 0.15) is 59.7 Å². The Morgan fingerprint density at radius 1 is 0.778 bits per heavy atom. The highest BCUT2D eigenvalue weighted by Crippen LogP contribution is 2.22. The van der Waals surface area contributed by atoms with Gasteiger partial charge in [0.1, 0.15) is 11.8 Å². The molecule has 234 valence electrons. The molecule has 0 unspecified atom stereocenters. The number of amides is 1. The Labute approximate surface area is 266 Å². The Kier molecular flexibility index (Phi) is 12.8. The van der Waals surface area contributed by atoms with Crippen molar-refractivity contribution in [1.29, 1.82) is 0 Å². The van der Waals surface area contributed by atoms with E-state index in [2.05, 4.69) is 12.2 Å². The number of benzene rings is 4. The summed E-state index contributed by atoms with van der Waals surface area (Å²) in [7, 11) is 1.35. The minimum Gasteiger partial charge on any atom is -0.494 e. The van der Waals surface area contributed by atoms with Crippen molar-refractivity contribution in [1.82, 2.24) is 4.90 Å². The molecule has 7 heteroatoms. The van der Waals surface area contributed by atoms with Crippen LogP contribution < -0.4 is 10.1 Å². The molecule has 0 fully saturated rings. The molecule has 0 spiro atoms. The van der Waals surface area contributed by atoms with Gasteiger partial charge in [-0.05, 0) is 48.2 Å². The molecule has 1 atom stereocenters. The van der Waals surface area contributed by atoms with Crippen LogP contribution >= 0.6 is 0 Å². The lowest BCUT2D eigenvalue weighted by atomic mass is 10.00. The quantitative estimate of drug-likeness (QED) is 0.0784. The lowest BCUT2D eigenvalue weighted by Gasteiger charge is -2.23. The highest BCUT2D eigenvalue weighted by atomic mass is 16.5. The molecule has 0 aromatic heterocycles. The van der Waals surface area contributed by atoms with Crippen molar-refractivity contribution in [2.75, 3.05) is 25.6 Å². The van der Waals surface area contributed by atoms with Crippen LogP contribution in [0.25, 0.3) is 0 Å². The third-order valence-electron chi connectivity index (χ3n) is 7.54. The van der Waals surface area contributed by atoms with Gasteiger partial charge >= 0.3 is 5.97 Å². The minimum atomic E-state index is -0.702. The minimum absolute atomic E-state index is 0.127. The van der Waals surface area contributed by atoms with Gasteiger partial charge in [-0.1, -0.05) is 98.3 Å². The van der Waals surface area contributed by atoms with Gasteiger partial charge in [0.2, 0.25) is 5.91 Å². The maximum absolute atomic E-state index is 13.2. The van der Waals surface area contributed by atoms with Gasteiger partial charge in [-0.15, -0.1) is 0 Å². The molecule has 1 amide bonds. The second kappa shape index (κ2) is 17.4. The number of para-hydroxylation sites is 1. The van der Waals surface area contributed by atoms with Crippen LogP contribution in [0.15, 0.2) is 109 Å². The summed E-state index contributed by atoms with van der Waals surface area (Å²) >= 11 is 0. The molecular formula is C38H42N2O5. The molecule has 4 aromatic rings. The number of unbranched alkanes of at least 4 members (excludes halogenated alkanes) is 1. The molecule has 0 aliphatic heterocycles. The van der Waals surface area contributed by atoms with E-state index in [9.17, 15) is 14.4 Å². The van der Waals surface area contributed by atoms with Crippen molar-refractivity contribution < 1.29 is 23.9 Å². The number of rotatable bonds is 17. The van der Waals surface area contributed by atoms with Crippen LogP contribution in [0.4, 0.5) is 5.69 Å². The molecule has 0 aliphatic carbocycles. The molecule has 0 radical (unpaired) electrons. The van der Waals surface area contributed by atoms with Gasteiger partial charge in [-0.3, -0.25) is 9.59 Å². The maximum atomic E-state index is 13.2. The molecular weight excluding hydrogens is 564 g/mol. The van der Waals surface area contributed by atoms with Crippen LogP contribution in [0.2, 0.25) is 0 Å². The van der Waals surface area contributed by atoms with Crippen molar-refractivity contribution in [3.8, 4) is 5.75 Å². The van der Waals surface area contributed by atoms with Gasteiger partial charge in [-0.25, -0.2) is 4.79 Å². The van der Waals surface area contributed by atoms with Crippen molar-refractivity contribution in [2.24, 2.45) is 0 Å². The molecule has 0 saturated carbocycles. The number of carbonyl (C=O) groups is 3. The van der Waals surface area contributed by atoms with Crippen LogP contribution in [0.3, 0.4) is 0 Å². The number of methoxy groups -OCH3 is 1. The van der Waals surface area contributed by atoms with Gasteiger partial charge in [0.15, 0.2) is 5.78 Å². The zero-order valence-corrected chi connectivity index (χ0v) is 26.1. The average molecular weight is 607 g/mol. The summed E-state index contributed by atoms with van der Waals surface area (Å²) in [5, 5.41) is 3.24. The number of nitrogens with one attached hydrogen (secondary N) is 1. The number of esters is 1. The largest absolute Gasteiger partial charge is 0.494 e. The average Bonchev–Trinajstić information content (AvgIpc) is 3.09. The second-order valence-electron chi connectivity index (χ2n) is 10.9. The molecule has 45 heavy (non-hydrogen) atoms. The first-order chi connectivity index (χ1) is 22.0. The standard InChI is InChI=1S/C38H42N2O5/c1-3-4-20-36(41)40(28-30-14-7-5-8-15-30)25-13-26-45-32-23-21-29(22-24-32)27-35(38(43)44-2)39-34-19-12-11-18-33(34)37(42)31-16-9-6-10-17-31/h5-12,14-19,21-24,35,39H,3-4,13,20,25-28H2,1-2H3/t35-/m0/s1. The summed E-state index contributed by atoms with van der Waals surface area (Å²) in [4.78, 5) is 40.7. The van der Waals surface area contributed by atoms with Crippen LogP contribution in [-0.2, 0) is 27.3 Å². The first kappa shape index (κ1) is 33.0. The van der Waals surface area contributed by atoms with Crippen LogP contribution in [0.5, 0.6) is 5.75 Å². The van der Waals surface area contributed by atoms with Crippen molar-refractivity contribution in [2.45, 2.75) is 51.6 Å². The highest BCUT2D eigenvalue weighted by Gasteiger charge is 2.23. The Morgan fingerprint density at radius 2 is 1.44 bits per heavy atom. The lowest BCUT2D eigenvalue weighted by molar-refractivity contribution is -0.141. The first-order valence-electron chi connectivity index (χ1n) is 15.5. The van der Waals surface area contributed by atoms with E-state index < -0.39 is 12.0 Å². The number of nitrogens with zero attached hydrogens (tertiary/aromatic N) is 1. The smallest absolute Gasteiger partial charge is 0.328 e. The topological polar surface area (TPSA) is 84.9 Å². The number of hydrogen-bond donors (Lipinski definition) is 1. The maximum Gasteiger partial charge on any atom is 0.328 e. The van der Waals surface area contributed by atoms with Gasteiger partial charge in [0.25, 0.3) is 0 Å². The molecule has 7 nitrogen and oxygen atoms in total. The Morgan fingerprint density at radius 3 is 2.13 bits per heavy atom. The summed E-state index contributed by atoms with van der Waals surface area (Å²) in [5.41, 5.74) is 3.65. The van der Waals surface area contributed by atoms with E-state index in [-0.39, 0.29) is 11.7 Å². The summed E-state index contributed by atoms with van der Waals surface area (Å²) in [6.07, 6.45) is 3.50. The monoisotopic (exact) mass is 606 g/mol. The molecule has 0 aliphatic rings. The third-order valence-corrected chi connectivity index (χ3v) is 7.54. The fourth-order valence-electron chi connectivity index (χ4n) is 5.06. The Bertz CT molecular complexity index is 1510. The molecule has 0 bridgehead atoms. The number of anilines is 1. The van der Waals surface area contributed by atoms with E-state index in [1.54, 1.807) is 30.3 Å². The van der Waals surface area contributed by atoms with Crippen molar-refractivity contribution in [3.05, 3.63) is 131 Å². The molecule has 4 rings (SSSR count). The SMILES string of the molecule is CCCCC(=O)N(CCCOc1ccc(C[C@H](Nc2ccccc2C(=O)c2ccccc2)C(=O)OC)cc1)Cc1ccccc1. The lowest BCUT2D eigenvalue weighted by Crippen LogP contribution is -2.33. The summed E-state index contributed by atoms with van der Waals surface area (Å²) in [6.45, 7) is 3.79. The first-order valence-corrected chi connectivity index (χ1v) is 15.5. The highest BCUT2D eigenvalue weighted by molar-refractivity contribution is 6.12. The zero-order chi connectivity index (χ0) is 31.9.